The molecule has 1 aliphatic carbocycles. The Hall–Kier alpha value is -2.66. The summed E-state index contributed by atoms with van der Waals surface area (Å²) in [6, 6.07) is 13.9. The number of para-hydroxylation sites is 1. The molecule has 5 heteroatoms. The van der Waals surface area contributed by atoms with Gasteiger partial charge in [0.25, 0.3) is 0 Å². The van der Waals surface area contributed by atoms with Gasteiger partial charge in [0.1, 0.15) is 0 Å². The van der Waals surface area contributed by atoms with Gasteiger partial charge in [-0.3, -0.25) is 14.7 Å². The monoisotopic (exact) mass is 444 g/mol. The molecule has 1 atom stereocenters. The predicted molar refractivity (Wildman–Crippen MR) is 133 cm³/mol. The zero-order valence-electron chi connectivity index (χ0n) is 19.8. The summed E-state index contributed by atoms with van der Waals surface area (Å²) in [5, 5.41) is 4.32. The fourth-order valence-electron chi connectivity index (χ4n) is 5.86. The van der Waals surface area contributed by atoms with Crippen LogP contribution in [0.4, 0.5) is 0 Å². The van der Waals surface area contributed by atoms with Crippen LogP contribution in [-0.4, -0.2) is 32.9 Å². The van der Waals surface area contributed by atoms with Gasteiger partial charge < -0.3 is 9.88 Å². The molecule has 0 bridgehead atoms. The molecule has 1 saturated heterocycles. The maximum absolute atomic E-state index is 12.5. The Balaban J connectivity index is 1.13. The van der Waals surface area contributed by atoms with Gasteiger partial charge in [-0.05, 0) is 61.9 Å². The lowest BCUT2D eigenvalue weighted by Crippen LogP contribution is -2.36. The molecular weight excluding hydrogens is 408 g/mol. The molecule has 3 aromatic rings. The van der Waals surface area contributed by atoms with Gasteiger partial charge in [0.15, 0.2) is 0 Å². The van der Waals surface area contributed by atoms with Crippen molar-refractivity contribution in [1.82, 2.24) is 19.8 Å². The highest BCUT2D eigenvalue weighted by Crippen LogP contribution is 2.36. The summed E-state index contributed by atoms with van der Waals surface area (Å²) in [4.78, 5) is 20.0. The van der Waals surface area contributed by atoms with E-state index < -0.39 is 0 Å². The van der Waals surface area contributed by atoms with E-state index in [2.05, 4.69) is 64.4 Å². The Kier molecular flexibility index (Phi) is 6.77. The summed E-state index contributed by atoms with van der Waals surface area (Å²) in [6.45, 7) is 1.75. The number of hydrogen-bond donors (Lipinski definition) is 1. The Morgan fingerprint density at radius 3 is 2.73 bits per heavy atom. The van der Waals surface area contributed by atoms with Crippen molar-refractivity contribution in [2.24, 2.45) is 7.05 Å². The number of likely N-dealkylation sites (tertiary alicyclic amines) is 1. The van der Waals surface area contributed by atoms with E-state index in [0.29, 0.717) is 19.0 Å². The van der Waals surface area contributed by atoms with E-state index in [0.717, 1.165) is 18.0 Å². The van der Waals surface area contributed by atoms with E-state index in [1.807, 2.05) is 6.20 Å². The number of benzene rings is 1. The average molecular weight is 445 g/mol. The minimum atomic E-state index is 0.0891. The zero-order valence-corrected chi connectivity index (χ0v) is 19.8. The van der Waals surface area contributed by atoms with Crippen LogP contribution in [0.5, 0.6) is 0 Å². The molecule has 1 aliphatic heterocycles. The topological polar surface area (TPSA) is 50.2 Å². The van der Waals surface area contributed by atoms with Gasteiger partial charge in [0.05, 0.1) is 11.7 Å². The molecule has 3 heterocycles. The molecule has 0 spiro atoms. The summed E-state index contributed by atoms with van der Waals surface area (Å²) >= 11 is 0. The van der Waals surface area contributed by atoms with Gasteiger partial charge in [-0.25, -0.2) is 0 Å². The van der Waals surface area contributed by atoms with Crippen LogP contribution in [0.3, 0.4) is 0 Å². The van der Waals surface area contributed by atoms with Crippen LogP contribution in [0.1, 0.15) is 74.2 Å². The van der Waals surface area contributed by atoms with Crippen LogP contribution < -0.4 is 5.32 Å². The summed E-state index contributed by atoms with van der Waals surface area (Å²) in [5.74, 6) is 0.0891. The van der Waals surface area contributed by atoms with E-state index in [4.69, 9.17) is 4.98 Å². The van der Waals surface area contributed by atoms with Crippen molar-refractivity contribution in [2.75, 3.05) is 6.54 Å². The first-order valence-electron chi connectivity index (χ1n) is 12.7. The Bertz CT molecular complexity index is 1080. The van der Waals surface area contributed by atoms with Crippen LogP contribution in [0.25, 0.3) is 10.9 Å². The van der Waals surface area contributed by atoms with Crippen molar-refractivity contribution in [1.29, 1.82) is 0 Å². The molecule has 0 unspecified atom stereocenters. The number of nitrogens with one attached hydrogen (secondary N) is 1. The maximum atomic E-state index is 12.5. The summed E-state index contributed by atoms with van der Waals surface area (Å²) in [6.07, 6.45) is 14.7. The lowest BCUT2D eigenvalue weighted by atomic mass is 9.93. The predicted octanol–water partition coefficient (Wildman–Crippen LogP) is 5.29. The van der Waals surface area contributed by atoms with E-state index in [9.17, 15) is 4.79 Å². The first-order chi connectivity index (χ1) is 16.2. The minimum Gasteiger partial charge on any atom is -0.352 e. The normalized spacial score (nSPS) is 19.8. The molecule has 174 valence electrons. The van der Waals surface area contributed by atoms with E-state index in [-0.39, 0.29) is 5.91 Å². The van der Waals surface area contributed by atoms with Gasteiger partial charge in [0.2, 0.25) is 5.91 Å². The van der Waals surface area contributed by atoms with Crippen molar-refractivity contribution in [3.8, 4) is 0 Å². The van der Waals surface area contributed by atoms with Crippen molar-refractivity contribution < 1.29 is 4.79 Å². The summed E-state index contributed by atoms with van der Waals surface area (Å²) in [5.41, 5.74) is 4.71. The third kappa shape index (κ3) is 4.98. The highest BCUT2D eigenvalue weighted by atomic mass is 16.1. The lowest BCUT2D eigenvalue weighted by Gasteiger charge is -2.35. The molecule has 33 heavy (non-hydrogen) atoms. The number of aromatic nitrogens is 2. The number of carbonyl (C=O) groups is 1. The molecular formula is C28H36N4O. The third-order valence-electron chi connectivity index (χ3n) is 7.62. The highest BCUT2D eigenvalue weighted by Gasteiger charge is 2.32. The van der Waals surface area contributed by atoms with Gasteiger partial charge in [-0.1, -0.05) is 43.5 Å². The van der Waals surface area contributed by atoms with E-state index >= 15 is 0 Å². The molecule has 2 fully saturated rings. The van der Waals surface area contributed by atoms with Crippen LogP contribution in [0.15, 0.2) is 48.8 Å². The van der Waals surface area contributed by atoms with Crippen molar-refractivity contribution in [3.05, 3.63) is 65.6 Å². The zero-order chi connectivity index (χ0) is 22.6. The molecule has 1 saturated carbocycles. The van der Waals surface area contributed by atoms with Gasteiger partial charge in [-0.15, -0.1) is 0 Å². The molecule has 2 aromatic heterocycles. The second-order valence-electron chi connectivity index (χ2n) is 9.84. The molecule has 0 radical (unpaired) electrons. The number of rotatable bonds is 7. The first-order valence-corrected chi connectivity index (χ1v) is 12.7. The number of fused-ring (bicyclic) bond motifs is 1. The van der Waals surface area contributed by atoms with Crippen LogP contribution in [-0.2, 0) is 24.8 Å². The van der Waals surface area contributed by atoms with Crippen molar-refractivity contribution >= 4 is 16.8 Å². The van der Waals surface area contributed by atoms with E-state index in [1.54, 1.807) is 0 Å². The summed E-state index contributed by atoms with van der Waals surface area (Å²) < 4.78 is 2.13. The second kappa shape index (κ2) is 10.1. The van der Waals surface area contributed by atoms with Crippen LogP contribution in [0, 0.1) is 0 Å². The average Bonchev–Trinajstić information content (AvgIpc) is 3.48. The second-order valence-corrected chi connectivity index (χ2v) is 9.84. The highest BCUT2D eigenvalue weighted by molar-refractivity contribution is 5.84. The molecule has 1 aromatic carbocycles. The third-order valence-corrected chi connectivity index (χ3v) is 7.62. The first kappa shape index (κ1) is 22.1. The van der Waals surface area contributed by atoms with Gasteiger partial charge >= 0.3 is 0 Å². The minimum absolute atomic E-state index is 0.0891. The van der Waals surface area contributed by atoms with Crippen molar-refractivity contribution in [2.45, 2.75) is 76.4 Å². The van der Waals surface area contributed by atoms with Crippen molar-refractivity contribution in [3.63, 3.8) is 0 Å². The Labute approximate surface area is 197 Å². The Morgan fingerprint density at radius 1 is 1.06 bits per heavy atom. The van der Waals surface area contributed by atoms with Crippen LogP contribution >= 0.6 is 0 Å². The number of hydrogen-bond acceptors (Lipinski definition) is 3. The number of pyridine rings is 1. The van der Waals surface area contributed by atoms with Gasteiger partial charge in [-0.2, -0.15) is 0 Å². The molecule has 5 nitrogen and oxygen atoms in total. The van der Waals surface area contributed by atoms with Gasteiger partial charge in [0, 0.05) is 49.4 Å². The smallest absolute Gasteiger partial charge is 0.220 e. The SMILES string of the molecule is Cn1cc(CCC(=O)NCc2ccc([C@@H]3CCCN3C3CCCCC3)nc2)c2ccccc21. The number of aryl methyl sites for hydroxylation is 2. The largest absolute Gasteiger partial charge is 0.352 e. The number of nitrogens with zero attached hydrogens (tertiary/aromatic N) is 3. The molecule has 2 aliphatic rings. The quantitative estimate of drug-likeness (QED) is 0.539. The van der Waals surface area contributed by atoms with Crippen LogP contribution in [0.2, 0.25) is 0 Å². The number of amides is 1. The van der Waals surface area contributed by atoms with E-state index in [1.165, 1.54) is 73.7 Å². The molecule has 1 amide bonds. The number of carbonyl (C=O) groups excluding carboxylic acids is 1. The maximum Gasteiger partial charge on any atom is 0.220 e. The lowest BCUT2D eigenvalue weighted by molar-refractivity contribution is -0.121. The molecule has 5 rings (SSSR count). The molecule has 1 N–H and O–H groups in total. The Morgan fingerprint density at radius 2 is 1.91 bits per heavy atom. The standard InChI is InChI=1S/C28H36N4O/c1-31-20-22(24-10-5-6-11-26(24)31)14-16-28(33)30-19-21-13-15-25(29-18-21)27-12-7-17-32(27)23-8-3-2-4-9-23/h5-6,10-11,13,15,18,20,23,27H,2-4,7-9,12,14,16-17,19H2,1H3,(H,30,33)/t27-/m0/s1. The fourth-order valence-corrected chi connectivity index (χ4v) is 5.86. The fraction of sp³-hybridized carbons (Fsp3) is 0.500. The summed E-state index contributed by atoms with van der Waals surface area (Å²) in [7, 11) is 2.06.